The first-order chi connectivity index (χ1) is 15.2. The molecule has 0 bridgehead atoms. The molecule has 5 aromatic rings. The summed E-state index contributed by atoms with van der Waals surface area (Å²) in [4.78, 5) is 0. The van der Waals surface area contributed by atoms with E-state index in [4.69, 9.17) is 0 Å². The SMILES string of the molecule is CC(C)c1ccc(-c2c(-c3ccccc3)c(-c3ccccc3)cc3ccccc23)cc1. The summed E-state index contributed by atoms with van der Waals surface area (Å²) in [6, 6.07) is 41.8. The second-order valence-electron chi connectivity index (χ2n) is 8.40. The fourth-order valence-corrected chi connectivity index (χ4v) is 4.43. The predicted molar refractivity (Wildman–Crippen MR) is 134 cm³/mol. The van der Waals surface area contributed by atoms with Gasteiger partial charge < -0.3 is 0 Å². The Morgan fingerprint density at radius 3 is 1.68 bits per heavy atom. The lowest BCUT2D eigenvalue weighted by Crippen LogP contribution is -1.94. The fourth-order valence-electron chi connectivity index (χ4n) is 4.43. The molecule has 0 unspecified atom stereocenters. The molecule has 0 aliphatic carbocycles. The van der Waals surface area contributed by atoms with E-state index in [-0.39, 0.29) is 0 Å². The maximum absolute atomic E-state index is 2.35. The second kappa shape index (κ2) is 8.24. The molecule has 5 aromatic carbocycles. The number of rotatable bonds is 4. The van der Waals surface area contributed by atoms with Crippen LogP contribution in [0.2, 0.25) is 0 Å². The van der Waals surface area contributed by atoms with Crippen molar-refractivity contribution in [1.29, 1.82) is 0 Å². The fraction of sp³-hybridized carbons (Fsp3) is 0.0968. The lowest BCUT2D eigenvalue weighted by Gasteiger charge is -2.20. The summed E-state index contributed by atoms with van der Waals surface area (Å²) in [5.74, 6) is 0.523. The van der Waals surface area contributed by atoms with Crippen molar-refractivity contribution >= 4 is 10.8 Å². The third kappa shape index (κ3) is 3.66. The van der Waals surface area contributed by atoms with Crippen LogP contribution in [0.4, 0.5) is 0 Å². The van der Waals surface area contributed by atoms with Gasteiger partial charge in [-0.1, -0.05) is 123 Å². The summed E-state index contributed by atoms with van der Waals surface area (Å²) in [6.07, 6.45) is 0. The van der Waals surface area contributed by atoms with E-state index in [0.717, 1.165) is 0 Å². The molecule has 150 valence electrons. The highest BCUT2D eigenvalue weighted by Crippen LogP contribution is 2.44. The molecule has 0 radical (unpaired) electrons. The minimum atomic E-state index is 0.523. The van der Waals surface area contributed by atoms with Crippen molar-refractivity contribution in [3.05, 3.63) is 121 Å². The van der Waals surface area contributed by atoms with E-state index < -0.39 is 0 Å². The molecule has 0 aliphatic heterocycles. The van der Waals surface area contributed by atoms with Crippen LogP contribution in [-0.2, 0) is 0 Å². The Morgan fingerprint density at radius 2 is 1.03 bits per heavy atom. The highest BCUT2D eigenvalue weighted by Gasteiger charge is 2.18. The zero-order chi connectivity index (χ0) is 21.2. The summed E-state index contributed by atoms with van der Waals surface area (Å²) < 4.78 is 0. The molecule has 0 aliphatic rings. The van der Waals surface area contributed by atoms with E-state index in [2.05, 4.69) is 129 Å². The van der Waals surface area contributed by atoms with Crippen LogP contribution in [0.5, 0.6) is 0 Å². The van der Waals surface area contributed by atoms with Crippen LogP contribution in [0.15, 0.2) is 115 Å². The molecule has 0 N–H and O–H groups in total. The normalized spacial score (nSPS) is 11.2. The predicted octanol–water partition coefficient (Wildman–Crippen LogP) is 8.96. The molecular weight excluding hydrogens is 372 g/mol. The molecule has 0 heteroatoms. The Kier molecular flexibility index (Phi) is 5.14. The zero-order valence-electron chi connectivity index (χ0n) is 18.0. The van der Waals surface area contributed by atoms with Crippen molar-refractivity contribution in [1.82, 2.24) is 0 Å². The van der Waals surface area contributed by atoms with Crippen molar-refractivity contribution in [2.24, 2.45) is 0 Å². The standard InChI is InChI=1S/C31H26/c1-22(2)23-17-19-26(20-18-23)30-28-16-10-9-15-27(28)21-29(24-11-5-3-6-12-24)31(30)25-13-7-4-8-14-25/h3-22H,1-2H3. The molecule has 0 amide bonds. The molecule has 0 fully saturated rings. The average Bonchev–Trinajstić information content (AvgIpc) is 2.84. The molecule has 0 saturated carbocycles. The first kappa shape index (κ1) is 19.3. The zero-order valence-corrected chi connectivity index (χ0v) is 18.0. The van der Waals surface area contributed by atoms with Crippen molar-refractivity contribution in [3.8, 4) is 33.4 Å². The highest BCUT2D eigenvalue weighted by molar-refractivity contribution is 6.09. The maximum atomic E-state index is 2.35. The van der Waals surface area contributed by atoms with Crippen LogP contribution in [-0.4, -0.2) is 0 Å². The van der Waals surface area contributed by atoms with E-state index >= 15 is 0 Å². The summed E-state index contributed by atoms with van der Waals surface area (Å²) in [7, 11) is 0. The summed E-state index contributed by atoms with van der Waals surface area (Å²) in [6.45, 7) is 4.49. The molecule has 0 aromatic heterocycles. The first-order valence-electron chi connectivity index (χ1n) is 11.0. The van der Waals surface area contributed by atoms with E-state index in [0.29, 0.717) is 5.92 Å². The monoisotopic (exact) mass is 398 g/mol. The van der Waals surface area contributed by atoms with Gasteiger partial charge in [0, 0.05) is 0 Å². The molecule has 0 saturated heterocycles. The summed E-state index contributed by atoms with van der Waals surface area (Å²) in [5, 5.41) is 2.56. The Bertz CT molecular complexity index is 1310. The molecule has 0 heterocycles. The van der Waals surface area contributed by atoms with Crippen LogP contribution in [0, 0.1) is 0 Å². The quantitative estimate of drug-likeness (QED) is 0.283. The Balaban J connectivity index is 1.90. The number of hydrogen-bond acceptors (Lipinski definition) is 0. The molecule has 0 nitrogen and oxygen atoms in total. The molecule has 0 atom stereocenters. The molecular formula is C31H26. The Morgan fingerprint density at radius 1 is 0.484 bits per heavy atom. The molecule has 0 spiro atoms. The van der Waals surface area contributed by atoms with Gasteiger partial charge in [-0.3, -0.25) is 0 Å². The van der Waals surface area contributed by atoms with Crippen LogP contribution in [0.1, 0.15) is 25.3 Å². The van der Waals surface area contributed by atoms with Gasteiger partial charge in [-0.25, -0.2) is 0 Å². The lowest BCUT2D eigenvalue weighted by molar-refractivity contribution is 0.867. The largest absolute Gasteiger partial charge is 0.0622 e. The lowest BCUT2D eigenvalue weighted by atomic mass is 9.83. The van der Waals surface area contributed by atoms with Gasteiger partial charge in [0.05, 0.1) is 0 Å². The topological polar surface area (TPSA) is 0 Å². The Hall–Kier alpha value is -3.64. The van der Waals surface area contributed by atoms with Crippen LogP contribution in [0.25, 0.3) is 44.2 Å². The minimum Gasteiger partial charge on any atom is -0.0622 e. The number of fused-ring (bicyclic) bond motifs is 1. The van der Waals surface area contributed by atoms with Crippen molar-refractivity contribution < 1.29 is 0 Å². The van der Waals surface area contributed by atoms with Crippen molar-refractivity contribution in [2.75, 3.05) is 0 Å². The van der Waals surface area contributed by atoms with Gasteiger partial charge in [0.1, 0.15) is 0 Å². The van der Waals surface area contributed by atoms with Crippen LogP contribution in [0.3, 0.4) is 0 Å². The first-order valence-corrected chi connectivity index (χ1v) is 11.0. The molecule has 31 heavy (non-hydrogen) atoms. The van der Waals surface area contributed by atoms with Gasteiger partial charge in [0.15, 0.2) is 0 Å². The van der Waals surface area contributed by atoms with Gasteiger partial charge in [-0.15, -0.1) is 0 Å². The summed E-state index contributed by atoms with van der Waals surface area (Å²) in [5.41, 5.74) is 8.99. The minimum absolute atomic E-state index is 0.523. The Labute approximate surface area is 184 Å². The number of benzene rings is 5. The van der Waals surface area contributed by atoms with Gasteiger partial charge in [0.25, 0.3) is 0 Å². The van der Waals surface area contributed by atoms with Gasteiger partial charge in [0.2, 0.25) is 0 Å². The maximum Gasteiger partial charge on any atom is -0.00204 e. The third-order valence-corrected chi connectivity index (χ3v) is 6.06. The number of hydrogen-bond donors (Lipinski definition) is 0. The van der Waals surface area contributed by atoms with Gasteiger partial charge in [-0.2, -0.15) is 0 Å². The molecule has 5 rings (SSSR count). The average molecular weight is 399 g/mol. The van der Waals surface area contributed by atoms with E-state index in [1.165, 1.54) is 49.7 Å². The van der Waals surface area contributed by atoms with Crippen molar-refractivity contribution in [3.63, 3.8) is 0 Å². The summed E-state index contributed by atoms with van der Waals surface area (Å²) >= 11 is 0. The van der Waals surface area contributed by atoms with Crippen molar-refractivity contribution in [2.45, 2.75) is 19.8 Å². The third-order valence-electron chi connectivity index (χ3n) is 6.06. The van der Waals surface area contributed by atoms with E-state index in [1.807, 2.05) is 0 Å². The van der Waals surface area contributed by atoms with Gasteiger partial charge in [-0.05, 0) is 61.7 Å². The van der Waals surface area contributed by atoms with E-state index in [1.54, 1.807) is 0 Å². The van der Waals surface area contributed by atoms with Crippen LogP contribution < -0.4 is 0 Å². The van der Waals surface area contributed by atoms with Crippen LogP contribution >= 0.6 is 0 Å². The second-order valence-corrected chi connectivity index (χ2v) is 8.40. The highest BCUT2D eigenvalue weighted by atomic mass is 14.2. The smallest absolute Gasteiger partial charge is 0.00204 e. The van der Waals surface area contributed by atoms with Gasteiger partial charge >= 0.3 is 0 Å². The van der Waals surface area contributed by atoms with E-state index in [9.17, 15) is 0 Å².